The Morgan fingerprint density at radius 3 is 2.64 bits per heavy atom. The molecule has 4 rings (SSSR count). The van der Waals surface area contributed by atoms with Crippen LogP contribution in [0.5, 0.6) is 0 Å². The van der Waals surface area contributed by atoms with Crippen LogP contribution in [0.4, 0.5) is 0 Å². The first-order valence-electron chi connectivity index (χ1n) is 8.95. The van der Waals surface area contributed by atoms with E-state index in [0.717, 1.165) is 31.4 Å². The molecule has 2 heterocycles. The number of fused-ring (bicyclic) bond motifs is 1. The first-order chi connectivity index (χ1) is 12.2. The van der Waals surface area contributed by atoms with E-state index in [0.29, 0.717) is 12.6 Å². The highest BCUT2D eigenvalue weighted by Crippen LogP contribution is 2.30. The fraction of sp³-hybridized carbons (Fsp3) is 0.400. The third-order valence-corrected chi connectivity index (χ3v) is 5.36. The van der Waals surface area contributed by atoms with E-state index >= 15 is 0 Å². The maximum atomic E-state index is 12.8. The number of pyridine rings is 1. The van der Waals surface area contributed by atoms with Crippen molar-refractivity contribution < 1.29 is 4.79 Å². The standard InChI is InChI=1S/C20H24N4O/c21-17-10-19(20(25)23-12-14-4-3-7-22-11-14)24(13-17)18-8-15-5-1-2-6-16(15)9-18/h1-7,11,17-19H,8-10,12-13,21H2,(H,23,25)/t17-,19-/m0/s1. The van der Waals surface area contributed by atoms with E-state index in [-0.39, 0.29) is 18.0 Å². The maximum Gasteiger partial charge on any atom is 0.237 e. The molecule has 2 aromatic rings. The van der Waals surface area contributed by atoms with Crippen molar-refractivity contribution in [1.82, 2.24) is 15.2 Å². The SMILES string of the molecule is N[C@H]1C[C@@H](C(=O)NCc2cccnc2)N(C2Cc3ccccc3C2)C1. The summed E-state index contributed by atoms with van der Waals surface area (Å²) < 4.78 is 0. The van der Waals surface area contributed by atoms with Crippen LogP contribution in [0, 0.1) is 0 Å². The molecule has 3 N–H and O–H groups in total. The van der Waals surface area contributed by atoms with Crippen molar-refractivity contribution in [3.63, 3.8) is 0 Å². The van der Waals surface area contributed by atoms with Gasteiger partial charge in [0.1, 0.15) is 0 Å². The molecule has 2 aliphatic rings. The molecule has 5 heteroatoms. The average molecular weight is 336 g/mol. The molecule has 1 amide bonds. The number of rotatable bonds is 4. The van der Waals surface area contributed by atoms with Crippen LogP contribution in [0.25, 0.3) is 0 Å². The highest BCUT2D eigenvalue weighted by molar-refractivity contribution is 5.82. The molecule has 1 fully saturated rings. The summed E-state index contributed by atoms with van der Waals surface area (Å²) in [5, 5.41) is 3.06. The number of benzene rings is 1. The first-order valence-corrected chi connectivity index (χ1v) is 8.95. The number of nitrogens with one attached hydrogen (secondary N) is 1. The highest BCUT2D eigenvalue weighted by Gasteiger charge is 2.40. The van der Waals surface area contributed by atoms with Gasteiger partial charge in [0, 0.05) is 37.6 Å². The Kier molecular flexibility index (Phi) is 4.51. The van der Waals surface area contributed by atoms with Gasteiger partial charge in [-0.15, -0.1) is 0 Å². The number of nitrogens with two attached hydrogens (primary N) is 1. The van der Waals surface area contributed by atoms with E-state index in [1.54, 1.807) is 12.4 Å². The molecule has 0 saturated carbocycles. The molecule has 5 nitrogen and oxygen atoms in total. The van der Waals surface area contributed by atoms with E-state index in [1.807, 2.05) is 12.1 Å². The summed E-state index contributed by atoms with van der Waals surface area (Å²) >= 11 is 0. The fourth-order valence-corrected chi connectivity index (χ4v) is 4.14. The zero-order chi connectivity index (χ0) is 17.2. The molecule has 1 saturated heterocycles. The van der Waals surface area contributed by atoms with E-state index in [1.165, 1.54) is 11.1 Å². The largest absolute Gasteiger partial charge is 0.351 e. The highest BCUT2D eigenvalue weighted by atomic mass is 16.2. The number of hydrogen-bond donors (Lipinski definition) is 2. The van der Waals surface area contributed by atoms with E-state index in [4.69, 9.17) is 5.73 Å². The monoisotopic (exact) mass is 336 g/mol. The lowest BCUT2D eigenvalue weighted by atomic mass is 10.1. The molecule has 130 valence electrons. The molecule has 1 aliphatic heterocycles. The Hall–Kier alpha value is -2.24. The van der Waals surface area contributed by atoms with Gasteiger partial charge in [-0.05, 0) is 42.0 Å². The van der Waals surface area contributed by atoms with Crippen LogP contribution < -0.4 is 11.1 Å². The Morgan fingerprint density at radius 2 is 1.96 bits per heavy atom. The Balaban J connectivity index is 1.42. The minimum atomic E-state index is -0.133. The van der Waals surface area contributed by atoms with Crippen molar-refractivity contribution in [2.75, 3.05) is 6.54 Å². The number of nitrogens with zero attached hydrogens (tertiary/aromatic N) is 2. The van der Waals surface area contributed by atoms with Crippen LogP contribution >= 0.6 is 0 Å². The summed E-state index contributed by atoms with van der Waals surface area (Å²) in [6.07, 6.45) is 6.27. The van der Waals surface area contributed by atoms with Gasteiger partial charge in [0.2, 0.25) is 5.91 Å². The second-order valence-electron chi connectivity index (χ2n) is 7.12. The Labute approximate surface area is 148 Å². The van der Waals surface area contributed by atoms with Crippen LogP contribution in [0.1, 0.15) is 23.1 Å². The van der Waals surface area contributed by atoms with Crippen LogP contribution in [0.2, 0.25) is 0 Å². The number of likely N-dealkylation sites (tertiary alicyclic amines) is 1. The molecule has 1 aromatic carbocycles. The summed E-state index contributed by atoms with van der Waals surface area (Å²) in [5.74, 6) is 0.0766. The van der Waals surface area contributed by atoms with Crippen molar-refractivity contribution in [2.24, 2.45) is 5.73 Å². The predicted octanol–water partition coefficient (Wildman–Crippen LogP) is 1.27. The topological polar surface area (TPSA) is 71.2 Å². The van der Waals surface area contributed by atoms with Gasteiger partial charge in [0.25, 0.3) is 0 Å². The van der Waals surface area contributed by atoms with Crippen LogP contribution in [-0.4, -0.2) is 40.5 Å². The number of amides is 1. The predicted molar refractivity (Wildman–Crippen MR) is 96.8 cm³/mol. The van der Waals surface area contributed by atoms with Gasteiger partial charge >= 0.3 is 0 Å². The Morgan fingerprint density at radius 1 is 1.20 bits per heavy atom. The lowest BCUT2D eigenvalue weighted by Gasteiger charge is -2.29. The van der Waals surface area contributed by atoms with Crippen molar-refractivity contribution in [2.45, 2.75) is 43.9 Å². The lowest BCUT2D eigenvalue weighted by Crippen LogP contribution is -2.48. The molecule has 25 heavy (non-hydrogen) atoms. The van der Waals surface area contributed by atoms with Gasteiger partial charge in [0.15, 0.2) is 0 Å². The summed E-state index contributed by atoms with van der Waals surface area (Å²) in [7, 11) is 0. The zero-order valence-electron chi connectivity index (χ0n) is 14.3. The van der Waals surface area contributed by atoms with Crippen molar-refractivity contribution in [3.8, 4) is 0 Å². The van der Waals surface area contributed by atoms with Gasteiger partial charge in [-0.1, -0.05) is 30.3 Å². The van der Waals surface area contributed by atoms with Crippen molar-refractivity contribution >= 4 is 5.91 Å². The summed E-state index contributed by atoms with van der Waals surface area (Å²) in [6, 6.07) is 12.7. The third-order valence-electron chi connectivity index (χ3n) is 5.36. The minimum Gasteiger partial charge on any atom is -0.351 e. The van der Waals surface area contributed by atoms with Gasteiger partial charge in [0.05, 0.1) is 6.04 Å². The average Bonchev–Trinajstić information content (AvgIpc) is 3.23. The maximum absolute atomic E-state index is 12.8. The van der Waals surface area contributed by atoms with Gasteiger partial charge in [-0.2, -0.15) is 0 Å². The third kappa shape index (κ3) is 3.43. The zero-order valence-corrected chi connectivity index (χ0v) is 14.3. The molecular formula is C20H24N4O. The molecule has 2 atom stereocenters. The van der Waals surface area contributed by atoms with Crippen molar-refractivity contribution in [1.29, 1.82) is 0 Å². The number of hydrogen-bond acceptors (Lipinski definition) is 4. The number of carbonyl (C=O) groups excluding carboxylic acids is 1. The molecule has 1 aromatic heterocycles. The van der Waals surface area contributed by atoms with E-state index in [9.17, 15) is 4.79 Å². The molecule has 0 spiro atoms. The summed E-state index contributed by atoms with van der Waals surface area (Å²) in [4.78, 5) is 19.2. The lowest BCUT2D eigenvalue weighted by molar-refractivity contribution is -0.126. The quantitative estimate of drug-likeness (QED) is 0.882. The first kappa shape index (κ1) is 16.2. The number of aromatic nitrogens is 1. The summed E-state index contributed by atoms with van der Waals surface area (Å²) in [6.45, 7) is 1.31. The van der Waals surface area contributed by atoms with Crippen LogP contribution in [0.15, 0.2) is 48.8 Å². The second kappa shape index (κ2) is 6.94. The molecule has 1 aliphatic carbocycles. The van der Waals surface area contributed by atoms with Crippen molar-refractivity contribution in [3.05, 3.63) is 65.5 Å². The fourth-order valence-electron chi connectivity index (χ4n) is 4.14. The van der Waals surface area contributed by atoms with Gasteiger partial charge in [-0.3, -0.25) is 14.7 Å². The smallest absolute Gasteiger partial charge is 0.237 e. The molecular weight excluding hydrogens is 312 g/mol. The molecule has 0 radical (unpaired) electrons. The van der Waals surface area contributed by atoms with E-state index in [2.05, 4.69) is 39.5 Å². The normalized spacial score (nSPS) is 23.6. The molecule has 0 bridgehead atoms. The summed E-state index contributed by atoms with van der Waals surface area (Å²) in [5.41, 5.74) is 10.0. The van der Waals surface area contributed by atoms with E-state index < -0.39 is 0 Å². The second-order valence-corrected chi connectivity index (χ2v) is 7.12. The van der Waals surface area contributed by atoms with Crippen LogP contribution in [-0.2, 0) is 24.2 Å². The molecule has 0 unspecified atom stereocenters. The van der Waals surface area contributed by atoms with Gasteiger partial charge < -0.3 is 11.1 Å². The van der Waals surface area contributed by atoms with Gasteiger partial charge in [-0.25, -0.2) is 0 Å². The minimum absolute atomic E-state index is 0.0675. The Bertz CT molecular complexity index is 723. The number of carbonyl (C=O) groups is 1. The van der Waals surface area contributed by atoms with Crippen LogP contribution in [0.3, 0.4) is 0 Å².